The minimum atomic E-state index is -0.710. The number of benzene rings is 1. The van der Waals surface area contributed by atoms with E-state index in [0.29, 0.717) is 54.8 Å². The predicted molar refractivity (Wildman–Crippen MR) is 182 cm³/mol. The summed E-state index contributed by atoms with van der Waals surface area (Å²) < 4.78 is 35.7. The molecule has 1 aromatic carbocycles. The molecule has 3 fully saturated rings. The van der Waals surface area contributed by atoms with Gasteiger partial charge >= 0.3 is 12.1 Å². The van der Waals surface area contributed by atoms with Crippen molar-refractivity contribution in [2.24, 2.45) is 23.7 Å². The van der Waals surface area contributed by atoms with Crippen molar-refractivity contribution in [2.75, 3.05) is 32.3 Å². The van der Waals surface area contributed by atoms with Crippen LogP contribution in [0.3, 0.4) is 0 Å². The van der Waals surface area contributed by atoms with Gasteiger partial charge in [0.1, 0.15) is 23.9 Å². The number of esters is 1. The molecule has 2 aromatic rings. The summed E-state index contributed by atoms with van der Waals surface area (Å²) in [5.74, 6) is -0.802. The number of furan rings is 1. The third kappa shape index (κ3) is 8.93. The first-order chi connectivity index (χ1) is 23.4. The summed E-state index contributed by atoms with van der Waals surface area (Å²) in [4.78, 5) is 54.7. The maximum Gasteiger partial charge on any atom is 0.407 e. The van der Waals surface area contributed by atoms with Crippen molar-refractivity contribution in [1.82, 2.24) is 10.2 Å². The van der Waals surface area contributed by atoms with E-state index in [-0.39, 0.29) is 48.0 Å². The summed E-state index contributed by atoms with van der Waals surface area (Å²) in [5, 5.41) is 6.41. The third-order valence-electron chi connectivity index (χ3n) is 10.5. The van der Waals surface area contributed by atoms with Gasteiger partial charge in [-0.2, -0.15) is 0 Å². The molecule has 0 bridgehead atoms. The average molecular weight is 686 g/mol. The molecular weight excluding hydrogens is 633 g/mol. The normalized spacial score (nSPS) is 26.6. The zero-order valence-electron chi connectivity index (χ0n) is 29.4. The number of fused-ring (bicyclic) bond motifs is 1. The SMILES string of the molecule is CCOC(=O)c1cc2cc(NC(=O)[C@H]3[C@@H]([C@H]4CC[C@H](OC)CC4)CCN3C(=O)[C@H]3CC[C@H]([C@@H](CF)NC(=O)OC(C)(C)C)CC3)ccc2o1. The van der Waals surface area contributed by atoms with Gasteiger partial charge in [0.25, 0.3) is 0 Å². The van der Waals surface area contributed by atoms with E-state index in [9.17, 15) is 23.6 Å². The van der Waals surface area contributed by atoms with Gasteiger partial charge in [-0.3, -0.25) is 9.59 Å². The second-order valence-corrected chi connectivity index (χ2v) is 14.8. The number of likely N-dealkylation sites (tertiary alicyclic amines) is 1. The fourth-order valence-corrected chi connectivity index (χ4v) is 8.03. The Bertz CT molecular complexity index is 1470. The summed E-state index contributed by atoms with van der Waals surface area (Å²) in [6.45, 7) is 7.03. The molecule has 0 spiro atoms. The molecule has 3 atom stereocenters. The molecule has 2 N–H and O–H groups in total. The van der Waals surface area contributed by atoms with Crippen molar-refractivity contribution in [2.45, 2.75) is 109 Å². The lowest BCUT2D eigenvalue weighted by atomic mass is 9.75. The number of carbonyl (C=O) groups is 4. The van der Waals surface area contributed by atoms with Gasteiger partial charge < -0.3 is 34.2 Å². The van der Waals surface area contributed by atoms with Crippen molar-refractivity contribution in [3.63, 3.8) is 0 Å². The lowest BCUT2D eigenvalue weighted by Gasteiger charge is -2.38. The van der Waals surface area contributed by atoms with Gasteiger partial charge in [-0.05, 0) is 128 Å². The van der Waals surface area contributed by atoms with Crippen LogP contribution in [-0.4, -0.2) is 79.5 Å². The van der Waals surface area contributed by atoms with Crippen LogP contribution < -0.4 is 10.6 Å². The highest BCUT2D eigenvalue weighted by atomic mass is 19.1. The number of hydrogen-bond acceptors (Lipinski definition) is 8. The van der Waals surface area contributed by atoms with E-state index in [2.05, 4.69) is 10.6 Å². The van der Waals surface area contributed by atoms with Crippen LogP contribution >= 0.6 is 0 Å². The first-order valence-corrected chi connectivity index (χ1v) is 17.8. The van der Waals surface area contributed by atoms with Crippen LogP contribution in [0.4, 0.5) is 14.9 Å². The molecule has 12 heteroatoms. The standard InChI is InChI=1S/C37H52FN3O8/c1-6-47-35(44)31-20-25-19-26(13-16-30(25)48-31)39-33(42)32-28(22-11-14-27(46-5)15-12-22)17-18-41(32)34(43)24-9-7-23(8-10-24)29(21-38)40-36(45)49-37(2,3)4/h13,16,19-20,22-24,27-29,32H,6-12,14-15,17-18,21H2,1-5H3,(H,39,42)(H,40,45)/t22-,23-,24-,27-,28-,29-,32-/m1/s1. The fraction of sp³-hybridized carbons (Fsp3) is 0.676. The molecule has 1 aliphatic heterocycles. The lowest BCUT2D eigenvalue weighted by molar-refractivity contribution is -0.142. The van der Waals surface area contributed by atoms with Gasteiger partial charge in [-0.25, -0.2) is 14.0 Å². The summed E-state index contributed by atoms with van der Waals surface area (Å²) >= 11 is 0. The van der Waals surface area contributed by atoms with Crippen LogP contribution in [-0.2, 0) is 23.8 Å². The largest absolute Gasteiger partial charge is 0.460 e. The van der Waals surface area contributed by atoms with Crippen molar-refractivity contribution < 1.29 is 42.2 Å². The maximum atomic E-state index is 14.2. The number of alkyl halides is 1. The average Bonchev–Trinajstić information content (AvgIpc) is 3.71. The molecular formula is C37H52FN3O8. The molecule has 2 heterocycles. The molecule has 0 radical (unpaired) electrons. The number of carbonyl (C=O) groups excluding carboxylic acids is 4. The number of rotatable bonds is 10. The number of alkyl carbamates (subject to hydrolysis) is 1. The van der Waals surface area contributed by atoms with E-state index in [1.807, 2.05) is 0 Å². The van der Waals surface area contributed by atoms with Gasteiger partial charge in [-0.1, -0.05) is 0 Å². The highest BCUT2D eigenvalue weighted by Crippen LogP contribution is 2.42. The lowest BCUT2D eigenvalue weighted by Crippen LogP contribution is -2.50. The molecule has 0 unspecified atom stereocenters. The molecule has 1 aromatic heterocycles. The third-order valence-corrected chi connectivity index (χ3v) is 10.5. The molecule has 3 amide bonds. The second kappa shape index (κ2) is 15.9. The van der Waals surface area contributed by atoms with Crippen LogP contribution in [0, 0.1) is 23.7 Å². The smallest absolute Gasteiger partial charge is 0.407 e. The van der Waals surface area contributed by atoms with Crippen molar-refractivity contribution in [3.05, 3.63) is 30.0 Å². The molecule has 2 aliphatic carbocycles. The van der Waals surface area contributed by atoms with Crippen LogP contribution in [0.1, 0.15) is 96.0 Å². The maximum absolute atomic E-state index is 14.2. The number of ether oxygens (including phenoxy) is 3. The Kier molecular flexibility index (Phi) is 11.9. The molecule has 11 nitrogen and oxygen atoms in total. The van der Waals surface area contributed by atoms with Gasteiger partial charge in [-0.15, -0.1) is 0 Å². The van der Waals surface area contributed by atoms with Crippen molar-refractivity contribution >= 4 is 40.5 Å². The van der Waals surface area contributed by atoms with E-state index in [0.717, 1.165) is 32.1 Å². The highest BCUT2D eigenvalue weighted by molar-refractivity contribution is 6.00. The zero-order chi connectivity index (χ0) is 35.3. The van der Waals surface area contributed by atoms with Gasteiger partial charge in [0.15, 0.2) is 0 Å². The minimum Gasteiger partial charge on any atom is -0.460 e. The van der Waals surface area contributed by atoms with E-state index >= 15 is 0 Å². The second-order valence-electron chi connectivity index (χ2n) is 14.8. The number of halogens is 1. The Morgan fingerprint density at radius 3 is 2.35 bits per heavy atom. The fourth-order valence-electron chi connectivity index (χ4n) is 8.03. The zero-order valence-corrected chi connectivity index (χ0v) is 29.4. The van der Waals surface area contributed by atoms with Crippen LogP contribution in [0.2, 0.25) is 0 Å². The Labute approximate surface area is 287 Å². The molecule has 3 aliphatic rings. The van der Waals surface area contributed by atoms with Crippen LogP contribution in [0.5, 0.6) is 0 Å². The quantitative estimate of drug-likeness (QED) is 0.266. The van der Waals surface area contributed by atoms with E-state index < -0.39 is 36.4 Å². The minimum absolute atomic E-state index is 0.0140. The molecule has 1 saturated heterocycles. The van der Waals surface area contributed by atoms with Crippen LogP contribution in [0.25, 0.3) is 11.0 Å². The number of nitrogens with one attached hydrogen (secondary N) is 2. The number of amides is 3. The molecule has 49 heavy (non-hydrogen) atoms. The number of methoxy groups -OCH3 is 1. The Balaban J connectivity index is 1.28. The summed E-state index contributed by atoms with van der Waals surface area (Å²) in [6.07, 6.45) is 6.36. The monoisotopic (exact) mass is 685 g/mol. The first kappa shape index (κ1) is 36.6. The van der Waals surface area contributed by atoms with E-state index in [4.69, 9.17) is 18.6 Å². The molecule has 5 rings (SSSR count). The number of hydrogen-bond donors (Lipinski definition) is 2. The van der Waals surface area contributed by atoms with Gasteiger partial charge in [0.2, 0.25) is 17.6 Å². The van der Waals surface area contributed by atoms with Gasteiger partial charge in [0.05, 0.1) is 18.8 Å². The summed E-state index contributed by atoms with van der Waals surface area (Å²) in [6, 6.07) is 5.48. The summed E-state index contributed by atoms with van der Waals surface area (Å²) in [5.41, 5.74) is 0.359. The van der Waals surface area contributed by atoms with Gasteiger partial charge in [0, 0.05) is 30.6 Å². The van der Waals surface area contributed by atoms with Crippen molar-refractivity contribution in [1.29, 1.82) is 0 Å². The molecule has 2 saturated carbocycles. The Hall–Kier alpha value is -3.67. The first-order valence-electron chi connectivity index (χ1n) is 17.8. The Morgan fingerprint density at radius 1 is 1.00 bits per heavy atom. The predicted octanol–water partition coefficient (Wildman–Crippen LogP) is 6.64. The summed E-state index contributed by atoms with van der Waals surface area (Å²) in [7, 11) is 1.74. The molecule has 270 valence electrons. The topological polar surface area (TPSA) is 136 Å². The van der Waals surface area contributed by atoms with E-state index in [1.165, 1.54) is 0 Å². The van der Waals surface area contributed by atoms with Crippen LogP contribution in [0.15, 0.2) is 28.7 Å². The highest BCUT2D eigenvalue weighted by Gasteiger charge is 2.47. The number of nitrogens with zero attached hydrogens (tertiary/aromatic N) is 1. The number of anilines is 1. The van der Waals surface area contributed by atoms with Crippen molar-refractivity contribution in [3.8, 4) is 0 Å². The van der Waals surface area contributed by atoms with E-state index in [1.54, 1.807) is 64.0 Å². The Morgan fingerprint density at radius 2 is 1.71 bits per heavy atom.